The molecule has 1 aliphatic carbocycles. The van der Waals surface area contributed by atoms with Crippen LogP contribution in [-0.2, 0) is 4.79 Å². The van der Waals surface area contributed by atoms with Crippen LogP contribution in [0.5, 0.6) is 0 Å². The number of rotatable bonds is 6. The van der Waals surface area contributed by atoms with Gasteiger partial charge in [0.15, 0.2) is 0 Å². The Labute approximate surface area is 208 Å². The van der Waals surface area contributed by atoms with Gasteiger partial charge in [0.2, 0.25) is 5.95 Å². The number of halogens is 1. The summed E-state index contributed by atoms with van der Waals surface area (Å²) in [5.41, 5.74) is 8.06. The van der Waals surface area contributed by atoms with Crippen molar-refractivity contribution >= 4 is 34.1 Å². The standard InChI is InChI=1S/C30H24FN3O2/c1-18-15-20(17-32)7-12-24(18)29(21-3-2-4-21)28(22-9-5-19(6-10-22)8-14-27(35)36)23-11-13-26-25(16-23)30(31)34-33-26/h5-16,21H,2-4H2,1H3,(H,33,34)(H,35,36). The van der Waals surface area contributed by atoms with E-state index < -0.39 is 11.9 Å². The van der Waals surface area contributed by atoms with Gasteiger partial charge in [0.1, 0.15) is 0 Å². The number of allylic oxidation sites excluding steroid dienone is 1. The largest absolute Gasteiger partial charge is 0.478 e. The van der Waals surface area contributed by atoms with E-state index in [1.165, 1.54) is 5.57 Å². The Bertz CT molecular complexity index is 1570. The lowest BCUT2D eigenvalue weighted by molar-refractivity contribution is -0.131. The summed E-state index contributed by atoms with van der Waals surface area (Å²) in [7, 11) is 0. The molecule has 178 valence electrons. The fourth-order valence-electron chi connectivity index (χ4n) is 4.83. The van der Waals surface area contributed by atoms with Gasteiger partial charge in [0, 0.05) is 6.08 Å². The third-order valence-electron chi connectivity index (χ3n) is 6.84. The van der Waals surface area contributed by atoms with E-state index in [0.717, 1.165) is 58.7 Å². The first-order valence-electron chi connectivity index (χ1n) is 11.9. The lowest BCUT2D eigenvalue weighted by Crippen LogP contribution is -2.16. The Hall–Kier alpha value is -4.50. The van der Waals surface area contributed by atoms with Gasteiger partial charge in [-0.15, -0.1) is 0 Å². The minimum absolute atomic E-state index is 0.336. The molecule has 1 aromatic heterocycles. The number of nitrogens with one attached hydrogen (secondary N) is 1. The molecule has 1 aliphatic rings. The molecular weight excluding hydrogens is 453 g/mol. The van der Waals surface area contributed by atoms with Crippen molar-refractivity contribution in [1.29, 1.82) is 5.26 Å². The fraction of sp³-hybridized carbons (Fsp3) is 0.167. The highest BCUT2D eigenvalue weighted by atomic mass is 19.1. The van der Waals surface area contributed by atoms with Gasteiger partial charge >= 0.3 is 5.97 Å². The van der Waals surface area contributed by atoms with Crippen LogP contribution in [-0.4, -0.2) is 21.3 Å². The van der Waals surface area contributed by atoms with Crippen molar-refractivity contribution < 1.29 is 14.3 Å². The summed E-state index contributed by atoms with van der Waals surface area (Å²) in [6.45, 7) is 2.02. The number of aliphatic carboxylic acids is 1. The number of fused-ring (bicyclic) bond motifs is 1. The number of nitriles is 1. The van der Waals surface area contributed by atoms with Crippen LogP contribution in [0, 0.1) is 30.1 Å². The number of benzene rings is 3. The second-order valence-electron chi connectivity index (χ2n) is 9.12. The number of H-pyrrole nitrogens is 1. The van der Waals surface area contributed by atoms with Crippen molar-refractivity contribution in [3.8, 4) is 6.07 Å². The topological polar surface area (TPSA) is 89.8 Å². The minimum atomic E-state index is -1.00. The Morgan fingerprint density at radius 3 is 2.50 bits per heavy atom. The van der Waals surface area contributed by atoms with Gasteiger partial charge in [-0.3, -0.25) is 5.10 Å². The Balaban J connectivity index is 1.77. The van der Waals surface area contributed by atoms with Gasteiger partial charge in [0.25, 0.3) is 0 Å². The van der Waals surface area contributed by atoms with Crippen LogP contribution in [0.25, 0.3) is 28.1 Å². The van der Waals surface area contributed by atoms with Crippen LogP contribution in [0.4, 0.5) is 4.39 Å². The van der Waals surface area contributed by atoms with Gasteiger partial charge in [-0.1, -0.05) is 42.8 Å². The normalized spacial score (nSPS) is 14.5. The maximum Gasteiger partial charge on any atom is 0.328 e. The van der Waals surface area contributed by atoms with E-state index in [1.54, 1.807) is 6.08 Å². The van der Waals surface area contributed by atoms with Crippen LogP contribution in [0.2, 0.25) is 0 Å². The number of hydrogen-bond donors (Lipinski definition) is 2. The van der Waals surface area contributed by atoms with Crippen molar-refractivity contribution in [2.24, 2.45) is 5.92 Å². The molecule has 5 nitrogen and oxygen atoms in total. The summed E-state index contributed by atoms with van der Waals surface area (Å²) < 4.78 is 14.5. The molecule has 0 aliphatic heterocycles. The third kappa shape index (κ3) is 4.44. The van der Waals surface area contributed by atoms with E-state index in [2.05, 4.69) is 16.3 Å². The molecule has 6 heteroatoms. The van der Waals surface area contributed by atoms with Gasteiger partial charge in [-0.05, 0) is 95.0 Å². The predicted molar refractivity (Wildman–Crippen MR) is 138 cm³/mol. The quantitative estimate of drug-likeness (QED) is 0.238. The molecule has 1 fully saturated rings. The second kappa shape index (κ2) is 9.63. The van der Waals surface area contributed by atoms with E-state index in [1.807, 2.05) is 67.6 Å². The van der Waals surface area contributed by atoms with E-state index in [0.29, 0.717) is 22.4 Å². The van der Waals surface area contributed by atoms with Crippen LogP contribution in [0.3, 0.4) is 0 Å². The smallest absolute Gasteiger partial charge is 0.328 e. The van der Waals surface area contributed by atoms with Crippen molar-refractivity contribution in [1.82, 2.24) is 10.2 Å². The average Bonchev–Trinajstić information content (AvgIpc) is 3.22. The highest BCUT2D eigenvalue weighted by Crippen LogP contribution is 2.46. The molecule has 5 rings (SSSR count). The number of carbonyl (C=O) groups is 1. The number of hydrogen-bond acceptors (Lipinski definition) is 3. The molecule has 0 spiro atoms. The van der Waals surface area contributed by atoms with Crippen molar-refractivity contribution in [3.63, 3.8) is 0 Å². The SMILES string of the molecule is Cc1cc(C#N)ccc1C(=C(c1ccc(C=CC(=O)O)cc1)c1ccc2n[nH]c(F)c2c1)C1CCC1. The number of aryl methyl sites for hydroxylation is 1. The molecule has 0 atom stereocenters. The van der Waals surface area contributed by atoms with Crippen LogP contribution >= 0.6 is 0 Å². The molecule has 0 bridgehead atoms. The number of aromatic nitrogens is 2. The monoisotopic (exact) mass is 477 g/mol. The van der Waals surface area contributed by atoms with E-state index in [-0.39, 0.29) is 0 Å². The minimum Gasteiger partial charge on any atom is -0.478 e. The Kier molecular flexibility index (Phi) is 6.22. The summed E-state index contributed by atoms with van der Waals surface area (Å²) in [5.74, 6) is -1.14. The van der Waals surface area contributed by atoms with Crippen molar-refractivity contribution in [2.45, 2.75) is 26.2 Å². The fourth-order valence-corrected chi connectivity index (χ4v) is 4.83. The second-order valence-corrected chi connectivity index (χ2v) is 9.12. The molecule has 36 heavy (non-hydrogen) atoms. The number of carboxylic acid groups (broad SMARTS) is 1. The van der Waals surface area contributed by atoms with E-state index >= 15 is 0 Å². The van der Waals surface area contributed by atoms with Gasteiger partial charge in [-0.2, -0.15) is 14.8 Å². The zero-order valence-electron chi connectivity index (χ0n) is 19.8. The molecule has 3 aromatic carbocycles. The predicted octanol–water partition coefficient (Wildman–Crippen LogP) is 6.74. The first kappa shape index (κ1) is 23.3. The maximum atomic E-state index is 14.5. The zero-order valence-corrected chi connectivity index (χ0v) is 19.8. The summed E-state index contributed by atoms with van der Waals surface area (Å²) in [5, 5.41) is 25.2. The third-order valence-corrected chi connectivity index (χ3v) is 6.84. The molecule has 0 unspecified atom stereocenters. The Morgan fingerprint density at radius 1 is 1.11 bits per heavy atom. The summed E-state index contributed by atoms with van der Waals surface area (Å²) >= 11 is 0. The number of nitrogens with zero attached hydrogens (tertiary/aromatic N) is 2. The van der Waals surface area contributed by atoms with Crippen LogP contribution in [0.15, 0.2) is 66.7 Å². The zero-order chi connectivity index (χ0) is 25.2. The molecule has 4 aromatic rings. The summed E-state index contributed by atoms with van der Waals surface area (Å²) in [4.78, 5) is 10.9. The molecule has 0 amide bonds. The summed E-state index contributed by atoms with van der Waals surface area (Å²) in [6, 6.07) is 21.3. The maximum absolute atomic E-state index is 14.5. The van der Waals surface area contributed by atoms with Crippen LogP contribution in [0.1, 0.15) is 52.6 Å². The van der Waals surface area contributed by atoms with E-state index in [9.17, 15) is 14.4 Å². The Morgan fingerprint density at radius 2 is 1.86 bits per heavy atom. The van der Waals surface area contributed by atoms with E-state index in [4.69, 9.17) is 5.11 Å². The lowest BCUT2D eigenvalue weighted by atomic mass is 9.72. The molecular formula is C30H24FN3O2. The number of carboxylic acids is 1. The number of aromatic amines is 1. The van der Waals surface area contributed by atoms with Crippen molar-refractivity contribution in [3.05, 3.63) is 106 Å². The highest BCUT2D eigenvalue weighted by Gasteiger charge is 2.28. The van der Waals surface area contributed by atoms with Gasteiger partial charge in [-0.25, -0.2) is 4.79 Å². The molecule has 0 saturated heterocycles. The molecule has 2 N–H and O–H groups in total. The van der Waals surface area contributed by atoms with Crippen LogP contribution < -0.4 is 0 Å². The van der Waals surface area contributed by atoms with Crippen molar-refractivity contribution in [2.75, 3.05) is 0 Å². The van der Waals surface area contributed by atoms with Gasteiger partial charge in [0.05, 0.1) is 22.5 Å². The molecule has 1 heterocycles. The lowest BCUT2D eigenvalue weighted by Gasteiger charge is -2.32. The summed E-state index contributed by atoms with van der Waals surface area (Å²) in [6.07, 6.45) is 5.92. The molecule has 1 saturated carbocycles. The first-order valence-corrected chi connectivity index (χ1v) is 11.9. The van der Waals surface area contributed by atoms with Gasteiger partial charge < -0.3 is 5.11 Å². The highest BCUT2D eigenvalue weighted by molar-refractivity contribution is 6.02. The molecule has 0 radical (unpaired) electrons. The first-order chi connectivity index (χ1) is 17.4. The average molecular weight is 478 g/mol.